The smallest absolute Gasteiger partial charge is 0.268 e. The van der Waals surface area contributed by atoms with Crippen LogP contribution in [-0.2, 0) is 11.3 Å². The minimum atomic E-state index is -0.450. The van der Waals surface area contributed by atoms with E-state index in [0.29, 0.717) is 28.4 Å². The number of furan rings is 1. The van der Waals surface area contributed by atoms with Crippen molar-refractivity contribution in [2.45, 2.75) is 6.54 Å². The number of rotatable bonds is 6. The van der Waals surface area contributed by atoms with Gasteiger partial charge < -0.3 is 24.5 Å². The van der Waals surface area contributed by atoms with Crippen LogP contribution < -0.4 is 20.1 Å². The molecule has 8 heteroatoms. The lowest BCUT2D eigenvalue weighted by Gasteiger charge is -2.11. The monoisotopic (exact) mass is 468 g/mol. The third-order valence-corrected chi connectivity index (χ3v) is 4.84. The molecule has 2 heterocycles. The second kappa shape index (κ2) is 8.87. The molecule has 0 fully saturated rings. The van der Waals surface area contributed by atoms with Crippen LogP contribution in [0.4, 0.5) is 0 Å². The van der Waals surface area contributed by atoms with E-state index >= 15 is 0 Å². The predicted molar refractivity (Wildman–Crippen MR) is 113 cm³/mol. The zero-order valence-corrected chi connectivity index (χ0v) is 17.3. The Bertz CT molecular complexity index is 1090. The summed E-state index contributed by atoms with van der Waals surface area (Å²) < 4.78 is 16.8. The molecule has 3 aromatic rings. The Labute approximate surface area is 180 Å². The summed E-state index contributed by atoms with van der Waals surface area (Å²) in [7, 11) is 0. The number of amides is 2. The third-order valence-electron chi connectivity index (χ3n) is 4.31. The largest absolute Gasteiger partial charge is 0.467 e. The Hall–Kier alpha value is -3.52. The maximum Gasteiger partial charge on any atom is 0.268 e. The molecule has 0 saturated carbocycles. The molecule has 1 aliphatic rings. The Morgan fingerprint density at radius 2 is 1.83 bits per heavy atom. The van der Waals surface area contributed by atoms with Crippen LogP contribution in [-0.4, -0.2) is 18.6 Å². The van der Waals surface area contributed by atoms with Gasteiger partial charge in [0.1, 0.15) is 11.5 Å². The molecule has 0 bridgehead atoms. The third kappa shape index (κ3) is 4.72. The van der Waals surface area contributed by atoms with Gasteiger partial charge in [-0.1, -0.05) is 22.0 Å². The van der Waals surface area contributed by atoms with Crippen molar-refractivity contribution in [3.05, 3.63) is 87.9 Å². The van der Waals surface area contributed by atoms with E-state index in [4.69, 9.17) is 13.9 Å². The second-order valence-corrected chi connectivity index (χ2v) is 7.31. The summed E-state index contributed by atoms with van der Waals surface area (Å²) in [5.41, 5.74) is 1.19. The molecule has 0 atom stereocenters. The molecule has 0 saturated heterocycles. The Kier molecular flexibility index (Phi) is 5.85. The van der Waals surface area contributed by atoms with Crippen LogP contribution >= 0.6 is 15.9 Å². The molecule has 7 nitrogen and oxygen atoms in total. The molecule has 2 N–H and O–H groups in total. The number of benzene rings is 2. The van der Waals surface area contributed by atoms with Gasteiger partial charge in [0.2, 0.25) is 6.79 Å². The number of fused-ring (bicyclic) bond motifs is 1. The van der Waals surface area contributed by atoms with E-state index in [1.165, 1.54) is 6.26 Å². The first kappa shape index (κ1) is 19.8. The second-order valence-electron chi connectivity index (χ2n) is 6.39. The van der Waals surface area contributed by atoms with Gasteiger partial charge in [-0.2, -0.15) is 0 Å². The van der Waals surface area contributed by atoms with Crippen molar-refractivity contribution < 1.29 is 23.5 Å². The van der Waals surface area contributed by atoms with Crippen LogP contribution in [0.2, 0.25) is 0 Å². The molecule has 0 aliphatic carbocycles. The first-order chi connectivity index (χ1) is 14.6. The lowest BCUT2D eigenvalue weighted by Crippen LogP contribution is -2.34. The van der Waals surface area contributed by atoms with E-state index in [2.05, 4.69) is 26.6 Å². The van der Waals surface area contributed by atoms with Crippen molar-refractivity contribution >= 4 is 33.8 Å². The van der Waals surface area contributed by atoms with Gasteiger partial charge in [0, 0.05) is 10.0 Å². The Balaban J connectivity index is 1.57. The lowest BCUT2D eigenvalue weighted by atomic mass is 10.1. The van der Waals surface area contributed by atoms with Crippen LogP contribution in [0.1, 0.15) is 21.7 Å². The SMILES string of the molecule is O=C(NCc1ccco1)/C(=C/c1ccc2c(c1)OCO2)NC(=O)c1ccc(Br)cc1. The zero-order chi connectivity index (χ0) is 20.9. The van der Waals surface area contributed by atoms with Gasteiger partial charge >= 0.3 is 0 Å². The van der Waals surface area contributed by atoms with Crippen molar-refractivity contribution in [3.63, 3.8) is 0 Å². The Morgan fingerprint density at radius 3 is 2.60 bits per heavy atom. The highest BCUT2D eigenvalue weighted by molar-refractivity contribution is 9.10. The zero-order valence-electron chi connectivity index (χ0n) is 15.7. The van der Waals surface area contributed by atoms with E-state index in [0.717, 1.165) is 4.47 Å². The summed E-state index contributed by atoms with van der Waals surface area (Å²) >= 11 is 3.34. The van der Waals surface area contributed by atoms with E-state index in [9.17, 15) is 9.59 Å². The number of carbonyl (C=O) groups is 2. The quantitative estimate of drug-likeness (QED) is 0.536. The van der Waals surface area contributed by atoms with Gasteiger partial charge in [-0.25, -0.2) is 0 Å². The average molecular weight is 469 g/mol. The summed E-state index contributed by atoms with van der Waals surface area (Å²) in [6.07, 6.45) is 3.11. The molecular formula is C22H17BrN2O5. The van der Waals surface area contributed by atoms with Crippen molar-refractivity contribution in [1.82, 2.24) is 10.6 Å². The maximum absolute atomic E-state index is 12.8. The van der Waals surface area contributed by atoms with Gasteiger partial charge in [0.15, 0.2) is 11.5 Å². The van der Waals surface area contributed by atoms with Crippen LogP contribution in [0.5, 0.6) is 11.5 Å². The summed E-state index contributed by atoms with van der Waals surface area (Å²) in [5.74, 6) is 0.968. The van der Waals surface area contributed by atoms with Crippen LogP contribution in [0, 0.1) is 0 Å². The molecule has 2 amide bonds. The van der Waals surface area contributed by atoms with Gasteiger partial charge in [-0.3, -0.25) is 9.59 Å². The lowest BCUT2D eigenvalue weighted by molar-refractivity contribution is -0.118. The summed E-state index contributed by atoms with van der Waals surface area (Å²) in [4.78, 5) is 25.5. The topological polar surface area (TPSA) is 89.8 Å². The molecule has 152 valence electrons. The van der Waals surface area contributed by atoms with E-state index in [1.807, 2.05) is 0 Å². The minimum Gasteiger partial charge on any atom is -0.467 e. The maximum atomic E-state index is 12.8. The van der Waals surface area contributed by atoms with Crippen LogP contribution in [0.15, 0.2) is 75.4 Å². The highest BCUT2D eigenvalue weighted by Crippen LogP contribution is 2.33. The molecule has 0 unspecified atom stereocenters. The van der Waals surface area contributed by atoms with Crippen molar-refractivity contribution in [2.24, 2.45) is 0 Å². The van der Waals surface area contributed by atoms with Crippen molar-refractivity contribution in [3.8, 4) is 11.5 Å². The fourth-order valence-corrected chi connectivity index (χ4v) is 3.06. The van der Waals surface area contributed by atoms with E-state index in [1.54, 1.807) is 60.7 Å². The predicted octanol–water partition coefficient (Wildman–Crippen LogP) is 3.86. The van der Waals surface area contributed by atoms with Gasteiger partial charge in [-0.05, 0) is 60.2 Å². The number of hydrogen-bond acceptors (Lipinski definition) is 5. The molecule has 1 aliphatic heterocycles. The highest BCUT2D eigenvalue weighted by Gasteiger charge is 2.17. The molecule has 2 aromatic carbocycles. The standard InChI is InChI=1S/C22H17BrN2O5/c23-16-6-4-15(5-7-16)21(26)25-18(22(27)24-12-17-2-1-9-28-17)10-14-3-8-19-20(11-14)30-13-29-19/h1-11H,12-13H2,(H,24,27)(H,25,26)/b18-10-. The van der Waals surface area contributed by atoms with Crippen molar-refractivity contribution in [2.75, 3.05) is 6.79 Å². The normalized spacial score (nSPS) is 12.5. The fourth-order valence-electron chi connectivity index (χ4n) is 2.80. The van der Waals surface area contributed by atoms with E-state index in [-0.39, 0.29) is 19.0 Å². The number of ether oxygens (including phenoxy) is 2. The van der Waals surface area contributed by atoms with E-state index < -0.39 is 11.8 Å². The Morgan fingerprint density at radius 1 is 1.03 bits per heavy atom. The fraction of sp³-hybridized carbons (Fsp3) is 0.0909. The summed E-state index contributed by atoms with van der Waals surface area (Å²) in [6, 6.07) is 15.6. The number of hydrogen-bond donors (Lipinski definition) is 2. The molecule has 0 spiro atoms. The molecular weight excluding hydrogens is 452 g/mol. The molecule has 30 heavy (non-hydrogen) atoms. The number of halogens is 1. The number of carbonyl (C=O) groups excluding carboxylic acids is 2. The van der Waals surface area contributed by atoms with Gasteiger partial charge in [-0.15, -0.1) is 0 Å². The molecule has 0 radical (unpaired) electrons. The molecule has 1 aromatic heterocycles. The van der Waals surface area contributed by atoms with Crippen LogP contribution in [0.3, 0.4) is 0 Å². The molecule has 4 rings (SSSR count). The van der Waals surface area contributed by atoms with Crippen molar-refractivity contribution in [1.29, 1.82) is 0 Å². The minimum absolute atomic E-state index is 0.0911. The van der Waals surface area contributed by atoms with Crippen LogP contribution in [0.25, 0.3) is 6.08 Å². The first-order valence-corrected chi connectivity index (χ1v) is 9.86. The average Bonchev–Trinajstić information content (AvgIpc) is 3.43. The summed E-state index contributed by atoms with van der Waals surface area (Å²) in [6.45, 7) is 0.345. The first-order valence-electron chi connectivity index (χ1n) is 9.07. The summed E-state index contributed by atoms with van der Waals surface area (Å²) in [5, 5.41) is 5.44. The van der Waals surface area contributed by atoms with Gasteiger partial charge in [0.05, 0.1) is 12.8 Å². The highest BCUT2D eigenvalue weighted by atomic mass is 79.9. The van der Waals surface area contributed by atoms with Gasteiger partial charge in [0.25, 0.3) is 11.8 Å². The number of nitrogens with one attached hydrogen (secondary N) is 2.